The lowest BCUT2D eigenvalue weighted by Crippen LogP contribution is -2.43. The molecule has 2 heteroatoms. The molecule has 0 atom stereocenters. The maximum Gasteiger partial charge on any atom is 0.344 e. The van der Waals surface area contributed by atoms with Crippen molar-refractivity contribution in [3.63, 3.8) is 0 Å². The summed E-state index contributed by atoms with van der Waals surface area (Å²) in [6, 6.07) is 17.3. The minimum Gasteiger partial charge on any atom is -0.138 e. The number of hydrogen-bond acceptors (Lipinski definition) is 0. The minimum atomic E-state index is 0.861. The Morgan fingerprint density at radius 2 is 1.57 bits per heavy atom. The highest BCUT2D eigenvalue weighted by molar-refractivity contribution is 5.94. The molecule has 1 aliphatic heterocycles. The Morgan fingerprint density at radius 1 is 0.857 bits per heavy atom. The zero-order chi connectivity index (χ0) is 14.4. The third-order valence-corrected chi connectivity index (χ3v) is 4.25. The van der Waals surface area contributed by atoms with Crippen molar-refractivity contribution in [3.05, 3.63) is 71.4 Å². The molecule has 102 valence electrons. The monoisotopic (exact) mass is 274 g/mol. The van der Waals surface area contributed by atoms with Crippen LogP contribution in [0, 0.1) is 13.8 Å². The van der Waals surface area contributed by atoms with Crippen molar-refractivity contribution in [2.45, 2.75) is 20.5 Å². The van der Waals surface area contributed by atoms with Gasteiger partial charge in [0.1, 0.15) is 5.56 Å². The molecule has 0 N–H and O–H groups in total. The Morgan fingerprint density at radius 3 is 2.38 bits per heavy atom. The van der Waals surface area contributed by atoms with Crippen LogP contribution in [-0.4, -0.2) is 10.8 Å². The molecule has 3 aromatic rings. The van der Waals surface area contributed by atoms with Gasteiger partial charge in [0.2, 0.25) is 11.2 Å². The summed E-state index contributed by atoms with van der Waals surface area (Å²) in [6.07, 6.45) is 4.44. The van der Waals surface area contributed by atoms with E-state index in [0.717, 1.165) is 6.67 Å². The minimum absolute atomic E-state index is 0.861. The molecular weight excluding hydrogens is 256 g/mol. The molecule has 2 heterocycles. The SMILES string of the molecule is Cc1cccc(C)c1[N+]1=Cc2cccc3ccc[n+](c23)C1. The zero-order valence-electron chi connectivity index (χ0n) is 12.4. The van der Waals surface area contributed by atoms with Gasteiger partial charge in [-0.15, -0.1) is 9.14 Å². The highest BCUT2D eigenvalue weighted by atomic mass is 15.2. The summed E-state index contributed by atoms with van der Waals surface area (Å²) in [6.45, 7) is 5.23. The second kappa shape index (κ2) is 4.52. The Hall–Kier alpha value is -2.48. The lowest BCUT2D eigenvalue weighted by Gasteiger charge is -2.11. The van der Waals surface area contributed by atoms with Crippen LogP contribution >= 0.6 is 0 Å². The number of aryl methyl sites for hydroxylation is 2. The molecule has 2 aromatic carbocycles. The number of para-hydroxylation sites is 2. The third kappa shape index (κ3) is 1.87. The van der Waals surface area contributed by atoms with Gasteiger partial charge in [0.15, 0.2) is 12.4 Å². The normalized spacial score (nSPS) is 13.3. The van der Waals surface area contributed by atoms with Gasteiger partial charge in [-0.2, -0.15) is 0 Å². The van der Waals surface area contributed by atoms with Crippen LogP contribution in [0.4, 0.5) is 5.69 Å². The summed E-state index contributed by atoms with van der Waals surface area (Å²) in [5, 5.41) is 1.30. The van der Waals surface area contributed by atoms with Gasteiger partial charge in [-0.1, -0.05) is 24.3 Å². The summed E-state index contributed by atoms with van der Waals surface area (Å²) < 4.78 is 4.68. The average Bonchev–Trinajstić information content (AvgIpc) is 2.47. The molecular formula is C19H18N2+2. The Kier molecular flexibility index (Phi) is 2.64. The molecule has 0 bridgehead atoms. The number of nitrogens with zero attached hydrogens (tertiary/aromatic N) is 2. The highest BCUT2D eigenvalue weighted by Crippen LogP contribution is 2.25. The van der Waals surface area contributed by atoms with Gasteiger partial charge in [0.05, 0.1) is 0 Å². The molecule has 0 unspecified atom stereocenters. The maximum absolute atomic E-state index is 2.35. The summed E-state index contributed by atoms with van der Waals surface area (Å²) in [5.41, 5.74) is 6.55. The predicted octanol–water partition coefficient (Wildman–Crippen LogP) is 3.48. The van der Waals surface area contributed by atoms with Crippen molar-refractivity contribution in [2.75, 3.05) is 0 Å². The van der Waals surface area contributed by atoms with Crippen molar-refractivity contribution in [1.29, 1.82) is 0 Å². The Balaban J connectivity index is 1.99. The number of hydrogen-bond donors (Lipinski definition) is 0. The summed E-state index contributed by atoms with van der Waals surface area (Å²) in [4.78, 5) is 0. The first kappa shape index (κ1) is 12.3. The lowest BCUT2D eigenvalue weighted by molar-refractivity contribution is -0.812. The highest BCUT2D eigenvalue weighted by Gasteiger charge is 2.27. The van der Waals surface area contributed by atoms with Gasteiger partial charge in [-0.3, -0.25) is 0 Å². The molecule has 0 amide bonds. The number of aromatic nitrogens is 1. The first-order chi connectivity index (χ1) is 10.2. The fourth-order valence-electron chi connectivity index (χ4n) is 3.36. The van der Waals surface area contributed by atoms with E-state index in [2.05, 4.69) is 83.9 Å². The molecule has 1 aromatic heterocycles. The smallest absolute Gasteiger partial charge is 0.138 e. The van der Waals surface area contributed by atoms with Crippen LogP contribution in [0.25, 0.3) is 10.9 Å². The Bertz CT molecular complexity index is 866. The predicted molar refractivity (Wildman–Crippen MR) is 85.1 cm³/mol. The number of pyridine rings is 1. The first-order valence-electron chi connectivity index (χ1n) is 7.33. The van der Waals surface area contributed by atoms with Gasteiger partial charge in [-0.05, 0) is 32.0 Å². The molecule has 0 fully saturated rings. The van der Waals surface area contributed by atoms with Crippen molar-refractivity contribution in [1.82, 2.24) is 0 Å². The number of rotatable bonds is 1. The lowest BCUT2D eigenvalue weighted by atomic mass is 10.1. The molecule has 0 radical (unpaired) electrons. The number of benzene rings is 2. The van der Waals surface area contributed by atoms with Crippen LogP contribution in [0.1, 0.15) is 16.7 Å². The summed E-state index contributed by atoms with van der Waals surface area (Å²) in [7, 11) is 0. The standard InChI is InChI=1S/C19H18N2/c1-14-6-3-7-15(2)18(14)21-12-17-9-4-8-16-10-5-11-20(13-21)19(16)17/h3-12H,13H2,1-2H3/q+2. The molecule has 0 saturated carbocycles. The van der Waals surface area contributed by atoms with E-state index in [4.69, 9.17) is 0 Å². The van der Waals surface area contributed by atoms with Crippen LogP contribution in [0.15, 0.2) is 54.7 Å². The van der Waals surface area contributed by atoms with E-state index in [1.807, 2.05) is 0 Å². The van der Waals surface area contributed by atoms with Gasteiger partial charge in [-0.25, -0.2) is 0 Å². The van der Waals surface area contributed by atoms with Gasteiger partial charge in [0, 0.05) is 22.6 Å². The average molecular weight is 274 g/mol. The second-order valence-corrected chi connectivity index (χ2v) is 5.74. The van der Waals surface area contributed by atoms with E-state index in [1.54, 1.807) is 0 Å². The van der Waals surface area contributed by atoms with Crippen LogP contribution in [0.2, 0.25) is 0 Å². The fourth-order valence-corrected chi connectivity index (χ4v) is 3.36. The third-order valence-electron chi connectivity index (χ3n) is 4.25. The van der Waals surface area contributed by atoms with E-state index in [9.17, 15) is 0 Å². The van der Waals surface area contributed by atoms with Crippen LogP contribution in [-0.2, 0) is 6.67 Å². The van der Waals surface area contributed by atoms with E-state index in [1.165, 1.54) is 33.3 Å². The van der Waals surface area contributed by atoms with E-state index in [-0.39, 0.29) is 0 Å². The van der Waals surface area contributed by atoms with E-state index >= 15 is 0 Å². The molecule has 4 rings (SSSR count). The van der Waals surface area contributed by atoms with Crippen molar-refractivity contribution < 1.29 is 9.14 Å². The van der Waals surface area contributed by atoms with Crippen LogP contribution in [0.3, 0.4) is 0 Å². The van der Waals surface area contributed by atoms with Crippen molar-refractivity contribution >= 4 is 22.8 Å². The van der Waals surface area contributed by atoms with Crippen LogP contribution < -0.4 is 4.57 Å². The molecule has 21 heavy (non-hydrogen) atoms. The molecule has 1 aliphatic rings. The van der Waals surface area contributed by atoms with Crippen molar-refractivity contribution in [3.8, 4) is 0 Å². The second-order valence-electron chi connectivity index (χ2n) is 5.74. The zero-order valence-corrected chi connectivity index (χ0v) is 12.4. The summed E-state index contributed by atoms with van der Waals surface area (Å²) >= 11 is 0. The molecule has 0 spiro atoms. The Labute approximate surface area is 124 Å². The van der Waals surface area contributed by atoms with Gasteiger partial charge >= 0.3 is 6.67 Å². The molecule has 0 aliphatic carbocycles. The first-order valence-corrected chi connectivity index (χ1v) is 7.33. The topological polar surface area (TPSA) is 6.89 Å². The van der Waals surface area contributed by atoms with Crippen molar-refractivity contribution in [2.24, 2.45) is 0 Å². The van der Waals surface area contributed by atoms with Gasteiger partial charge < -0.3 is 0 Å². The molecule has 0 saturated heterocycles. The largest absolute Gasteiger partial charge is 0.344 e. The van der Waals surface area contributed by atoms with E-state index < -0.39 is 0 Å². The van der Waals surface area contributed by atoms with E-state index in [0.29, 0.717) is 0 Å². The van der Waals surface area contributed by atoms with Crippen LogP contribution in [0.5, 0.6) is 0 Å². The maximum atomic E-state index is 2.35. The quantitative estimate of drug-likeness (QED) is 0.600. The molecule has 2 nitrogen and oxygen atoms in total. The van der Waals surface area contributed by atoms with Gasteiger partial charge in [0.25, 0.3) is 0 Å². The summed E-state index contributed by atoms with van der Waals surface area (Å²) in [5.74, 6) is 0. The fraction of sp³-hybridized carbons (Fsp3) is 0.158.